The van der Waals surface area contributed by atoms with Crippen LogP contribution >= 0.6 is 0 Å². The molecule has 0 fully saturated rings. The molecule has 0 unspecified atom stereocenters. The molecule has 1 heterocycles. The molecule has 1 aromatic heterocycles. The number of fused-ring (bicyclic) bond motifs is 1. The lowest BCUT2D eigenvalue weighted by Gasteiger charge is -1.93. The second kappa shape index (κ2) is 2.61. The first-order valence-corrected chi connectivity index (χ1v) is 3.33. The van der Waals surface area contributed by atoms with Crippen molar-refractivity contribution in [3.8, 4) is 0 Å². The molecule has 0 N–H and O–H groups in total. The molecule has 0 aliphatic heterocycles. The quantitative estimate of drug-likeness (QED) is 0.462. The molecular weight excluding hydrogens is 158 g/mol. The molecule has 2 aromatic rings. The SMILES string of the molecule is O=COn1nnc2ccccc21. The summed E-state index contributed by atoms with van der Waals surface area (Å²) in [6.45, 7) is 0.307. The second-order valence-electron chi connectivity index (χ2n) is 2.15. The second-order valence-corrected chi connectivity index (χ2v) is 2.15. The average Bonchev–Trinajstić information content (AvgIpc) is 2.50. The van der Waals surface area contributed by atoms with Gasteiger partial charge in [0.15, 0.2) is 0 Å². The number of nitrogens with zero attached hydrogens (tertiary/aromatic N) is 3. The molecule has 0 bridgehead atoms. The van der Waals surface area contributed by atoms with E-state index in [1.54, 1.807) is 12.1 Å². The maximum Gasteiger partial charge on any atom is 0.323 e. The molecule has 0 radical (unpaired) electrons. The Morgan fingerprint density at radius 1 is 1.42 bits per heavy atom. The van der Waals surface area contributed by atoms with Gasteiger partial charge in [0.1, 0.15) is 11.0 Å². The lowest BCUT2D eigenvalue weighted by molar-refractivity contribution is -0.130. The Hall–Kier alpha value is -1.91. The molecular formula is C7H5N3O2. The van der Waals surface area contributed by atoms with E-state index in [0.717, 1.165) is 4.85 Å². The predicted molar refractivity (Wildman–Crippen MR) is 40.2 cm³/mol. The summed E-state index contributed by atoms with van der Waals surface area (Å²) in [6, 6.07) is 7.20. The summed E-state index contributed by atoms with van der Waals surface area (Å²) in [7, 11) is 0. The van der Waals surface area contributed by atoms with Crippen LogP contribution in [0, 0.1) is 0 Å². The summed E-state index contributed by atoms with van der Waals surface area (Å²) in [4.78, 5) is 15.6. The molecule has 0 spiro atoms. The number of carbonyl (C=O) groups excluding carboxylic acids is 1. The molecule has 5 nitrogen and oxygen atoms in total. The first-order chi connectivity index (χ1) is 5.92. The van der Waals surface area contributed by atoms with E-state index in [4.69, 9.17) is 0 Å². The van der Waals surface area contributed by atoms with Gasteiger partial charge in [0.2, 0.25) is 0 Å². The fourth-order valence-corrected chi connectivity index (χ4v) is 0.966. The van der Waals surface area contributed by atoms with Gasteiger partial charge < -0.3 is 4.84 Å². The molecule has 1 aromatic carbocycles. The van der Waals surface area contributed by atoms with E-state index < -0.39 is 0 Å². The summed E-state index contributed by atoms with van der Waals surface area (Å²) in [5.41, 5.74) is 1.36. The minimum Gasteiger partial charge on any atom is -0.321 e. The fourth-order valence-electron chi connectivity index (χ4n) is 0.966. The average molecular weight is 163 g/mol. The zero-order chi connectivity index (χ0) is 8.39. The van der Waals surface area contributed by atoms with E-state index in [1.165, 1.54) is 0 Å². The summed E-state index contributed by atoms with van der Waals surface area (Å²) >= 11 is 0. The molecule has 0 amide bonds. The van der Waals surface area contributed by atoms with Crippen molar-refractivity contribution in [3.05, 3.63) is 24.3 Å². The molecule has 60 valence electrons. The highest BCUT2D eigenvalue weighted by Gasteiger charge is 2.01. The number of hydrogen-bond donors (Lipinski definition) is 0. The van der Waals surface area contributed by atoms with Gasteiger partial charge in [0.05, 0.1) is 0 Å². The third-order valence-corrected chi connectivity index (χ3v) is 1.46. The van der Waals surface area contributed by atoms with Crippen molar-refractivity contribution in [2.24, 2.45) is 0 Å². The van der Waals surface area contributed by atoms with Crippen LogP contribution in [-0.2, 0) is 4.79 Å². The standard InChI is InChI=1S/C7H5N3O2/c11-5-12-10-7-4-2-1-3-6(7)8-9-10/h1-5H. The van der Waals surface area contributed by atoms with Gasteiger partial charge in [0, 0.05) is 0 Å². The Morgan fingerprint density at radius 3 is 3.08 bits per heavy atom. The third kappa shape index (κ3) is 0.914. The zero-order valence-electron chi connectivity index (χ0n) is 6.04. The van der Waals surface area contributed by atoms with Gasteiger partial charge in [-0.2, -0.15) is 0 Å². The Morgan fingerprint density at radius 2 is 2.25 bits per heavy atom. The zero-order valence-corrected chi connectivity index (χ0v) is 6.04. The van der Waals surface area contributed by atoms with Gasteiger partial charge in [-0.15, -0.1) is 5.10 Å². The lowest BCUT2D eigenvalue weighted by Crippen LogP contribution is -2.10. The summed E-state index contributed by atoms with van der Waals surface area (Å²) in [5.74, 6) is 0. The van der Waals surface area contributed by atoms with Crippen molar-refractivity contribution >= 4 is 17.5 Å². The first-order valence-electron chi connectivity index (χ1n) is 3.33. The van der Waals surface area contributed by atoms with E-state index in [-0.39, 0.29) is 0 Å². The minimum atomic E-state index is 0.307. The maximum atomic E-state index is 10.0. The van der Waals surface area contributed by atoms with Crippen LogP contribution in [0.5, 0.6) is 0 Å². The van der Waals surface area contributed by atoms with Gasteiger partial charge in [-0.25, -0.2) is 0 Å². The number of para-hydroxylation sites is 1. The van der Waals surface area contributed by atoms with E-state index in [0.29, 0.717) is 17.5 Å². The van der Waals surface area contributed by atoms with Crippen LogP contribution in [0.4, 0.5) is 0 Å². The number of benzene rings is 1. The highest BCUT2D eigenvalue weighted by Crippen LogP contribution is 2.07. The van der Waals surface area contributed by atoms with E-state index in [9.17, 15) is 4.79 Å². The van der Waals surface area contributed by atoms with Crippen molar-refractivity contribution in [1.82, 2.24) is 15.2 Å². The Labute approximate surface area is 67.5 Å². The van der Waals surface area contributed by atoms with Crippen LogP contribution in [0.3, 0.4) is 0 Å². The van der Waals surface area contributed by atoms with Crippen molar-refractivity contribution in [1.29, 1.82) is 0 Å². The summed E-state index contributed by atoms with van der Waals surface area (Å²) in [6.07, 6.45) is 0. The highest BCUT2D eigenvalue weighted by atomic mass is 16.7. The largest absolute Gasteiger partial charge is 0.323 e. The minimum absolute atomic E-state index is 0.307. The number of aromatic nitrogens is 3. The molecule has 0 saturated carbocycles. The molecule has 2 rings (SSSR count). The molecule has 0 aliphatic rings. The number of rotatable bonds is 2. The van der Waals surface area contributed by atoms with Crippen molar-refractivity contribution in [2.45, 2.75) is 0 Å². The van der Waals surface area contributed by atoms with Crippen molar-refractivity contribution in [3.63, 3.8) is 0 Å². The molecule has 0 atom stereocenters. The van der Waals surface area contributed by atoms with Gasteiger partial charge in [-0.05, 0) is 17.3 Å². The van der Waals surface area contributed by atoms with E-state index in [2.05, 4.69) is 15.1 Å². The Balaban J connectivity index is 2.62. The fraction of sp³-hybridized carbons (Fsp3) is 0. The monoisotopic (exact) mass is 163 g/mol. The van der Waals surface area contributed by atoms with Gasteiger partial charge in [-0.3, -0.25) is 4.79 Å². The Bertz CT molecular complexity index is 410. The lowest BCUT2D eigenvalue weighted by atomic mass is 10.3. The summed E-state index contributed by atoms with van der Waals surface area (Å²) in [5, 5.41) is 7.36. The van der Waals surface area contributed by atoms with Gasteiger partial charge in [-0.1, -0.05) is 17.0 Å². The molecule has 12 heavy (non-hydrogen) atoms. The molecule has 0 aliphatic carbocycles. The van der Waals surface area contributed by atoms with Crippen LogP contribution in [0.25, 0.3) is 11.0 Å². The summed E-state index contributed by atoms with van der Waals surface area (Å²) < 4.78 is 0. The van der Waals surface area contributed by atoms with Crippen LogP contribution in [0.2, 0.25) is 0 Å². The van der Waals surface area contributed by atoms with Crippen LogP contribution in [-0.4, -0.2) is 21.6 Å². The van der Waals surface area contributed by atoms with Gasteiger partial charge >= 0.3 is 6.47 Å². The molecule has 0 saturated heterocycles. The predicted octanol–water partition coefficient (Wildman–Crippen LogP) is 0.0163. The van der Waals surface area contributed by atoms with E-state index >= 15 is 0 Å². The maximum absolute atomic E-state index is 10.0. The van der Waals surface area contributed by atoms with Crippen LogP contribution in [0.1, 0.15) is 0 Å². The highest BCUT2D eigenvalue weighted by molar-refractivity contribution is 5.73. The smallest absolute Gasteiger partial charge is 0.321 e. The Kier molecular flexibility index (Phi) is 1.48. The molecule has 5 heteroatoms. The normalized spacial score (nSPS) is 10.0. The van der Waals surface area contributed by atoms with Gasteiger partial charge in [0.25, 0.3) is 0 Å². The van der Waals surface area contributed by atoms with Crippen LogP contribution in [0.15, 0.2) is 24.3 Å². The van der Waals surface area contributed by atoms with Crippen molar-refractivity contribution in [2.75, 3.05) is 0 Å². The topological polar surface area (TPSA) is 57.0 Å². The first kappa shape index (κ1) is 6.78. The van der Waals surface area contributed by atoms with E-state index in [1.807, 2.05) is 12.1 Å². The number of carbonyl (C=O) groups is 1. The number of hydrogen-bond acceptors (Lipinski definition) is 4. The van der Waals surface area contributed by atoms with Crippen LogP contribution < -0.4 is 4.84 Å². The van der Waals surface area contributed by atoms with Crippen molar-refractivity contribution < 1.29 is 9.63 Å². The third-order valence-electron chi connectivity index (χ3n) is 1.46.